The lowest BCUT2D eigenvalue weighted by Gasteiger charge is -2.11. The standard InChI is InChI=1S/C48H32N2O/c1-5-13-45-41(9-1)42-10-2-6-14-46(42)49(45)37-25-17-33(18-26-37)35-21-29-39(30-22-35)51-40-31-23-36(24-32-40)34-19-27-38(28-20-34)50-47-15-7-3-11-43(47)44-12-4-8-16-48(44)50/h1-32H. The van der Waals surface area contributed by atoms with Gasteiger partial charge in [0.1, 0.15) is 11.5 Å². The van der Waals surface area contributed by atoms with Crippen molar-refractivity contribution < 1.29 is 4.74 Å². The van der Waals surface area contributed by atoms with Gasteiger partial charge in [0, 0.05) is 32.9 Å². The molecular weight excluding hydrogens is 621 g/mol. The van der Waals surface area contributed by atoms with Crippen molar-refractivity contribution in [3.8, 4) is 45.1 Å². The Hall–Kier alpha value is -6.84. The molecule has 8 aromatic carbocycles. The van der Waals surface area contributed by atoms with Gasteiger partial charge in [0.15, 0.2) is 0 Å². The number of rotatable bonds is 6. The summed E-state index contributed by atoms with van der Waals surface area (Å²) in [7, 11) is 0. The maximum absolute atomic E-state index is 6.25. The molecule has 0 saturated heterocycles. The summed E-state index contributed by atoms with van der Waals surface area (Å²) in [5.74, 6) is 1.62. The lowest BCUT2D eigenvalue weighted by Crippen LogP contribution is -1.93. The fraction of sp³-hybridized carbons (Fsp3) is 0. The van der Waals surface area contributed by atoms with Gasteiger partial charge in [-0.25, -0.2) is 0 Å². The van der Waals surface area contributed by atoms with Crippen molar-refractivity contribution in [3.63, 3.8) is 0 Å². The van der Waals surface area contributed by atoms with Gasteiger partial charge in [0.2, 0.25) is 0 Å². The molecule has 10 rings (SSSR count). The summed E-state index contributed by atoms with van der Waals surface area (Å²) in [5, 5.41) is 5.08. The highest BCUT2D eigenvalue weighted by molar-refractivity contribution is 6.10. The first-order valence-electron chi connectivity index (χ1n) is 17.3. The summed E-state index contributed by atoms with van der Waals surface area (Å²) < 4.78 is 10.9. The second kappa shape index (κ2) is 11.9. The fourth-order valence-electron chi connectivity index (χ4n) is 7.57. The number of ether oxygens (including phenoxy) is 1. The number of aromatic nitrogens is 2. The van der Waals surface area contributed by atoms with Crippen LogP contribution >= 0.6 is 0 Å². The van der Waals surface area contributed by atoms with E-state index in [0.717, 1.165) is 34.0 Å². The largest absolute Gasteiger partial charge is 0.457 e. The van der Waals surface area contributed by atoms with E-state index < -0.39 is 0 Å². The Balaban J connectivity index is 0.853. The smallest absolute Gasteiger partial charge is 0.127 e. The Bertz CT molecular complexity index is 2540. The third-order valence-electron chi connectivity index (χ3n) is 10.0. The molecule has 51 heavy (non-hydrogen) atoms. The molecule has 0 amide bonds. The molecule has 0 bridgehead atoms. The minimum atomic E-state index is 0.809. The van der Waals surface area contributed by atoms with E-state index in [1.54, 1.807) is 0 Å². The fourth-order valence-corrected chi connectivity index (χ4v) is 7.57. The average molecular weight is 653 g/mol. The van der Waals surface area contributed by atoms with Crippen molar-refractivity contribution in [2.75, 3.05) is 0 Å². The molecule has 0 atom stereocenters. The van der Waals surface area contributed by atoms with Gasteiger partial charge in [-0.15, -0.1) is 0 Å². The van der Waals surface area contributed by atoms with Gasteiger partial charge in [-0.1, -0.05) is 121 Å². The maximum Gasteiger partial charge on any atom is 0.127 e. The highest BCUT2D eigenvalue weighted by Crippen LogP contribution is 2.35. The molecule has 3 nitrogen and oxygen atoms in total. The first-order valence-corrected chi connectivity index (χ1v) is 17.3. The summed E-state index contributed by atoms with van der Waals surface area (Å²) in [5.41, 5.74) is 11.8. The molecule has 0 aliphatic rings. The second-order valence-electron chi connectivity index (χ2n) is 13.0. The van der Waals surface area contributed by atoms with Crippen molar-refractivity contribution in [1.82, 2.24) is 9.13 Å². The van der Waals surface area contributed by atoms with Crippen LogP contribution in [0, 0.1) is 0 Å². The topological polar surface area (TPSA) is 19.1 Å². The third kappa shape index (κ3) is 4.98. The second-order valence-corrected chi connectivity index (χ2v) is 13.0. The molecule has 2 heterocycles. The van der Waals surface area contributed by atoms with Gasteiger partial charge in [-0.05, 0) is 95.1 Å². The van der Waals surface area contributed by atoms with Gasteiger partial charge in [0.05, 0.1) is 22.1 Å². The number of para-hydroxylation sites is 4. The normalized spacial score (nSPS) is 11.5. The minimum Gasteiger partial charge on any atom is -0.457 e. The molecule has 10 aromatic rings. The van der Waals surface area contributed by atoms with E-state index in [1.807, 2.05) is 24.3 Å². The van der Waals surface area contributed by atoms with Crippen molar-refractivity contribution >= 4 is 43.6 Å². The highest BCUT2D eigenvalue weighted by atomic mass is 16.5. The van der Waals surface area contributed by atoms with Crippen LogP contribution < -0.4 is 4.74 Å². The highest BCUT2D eigenvalue weighted by Gasteiger charge is 2.13. The maximum atomic E-state index is 6.25. The van der Waals surface area contributed by atoms with Gasteiger partial charge >= 0.3 is 0 Å². The summed E-state index contributed by atoms with van der Waals surface area (Å²) in [4.78, 5) is 0. The number of hydrogen-bond acceptors (Lipinski definition) is 1. The molecule has 0 N–H and O–H groups in total. The van der Waals surface area contributed by atoms with Crippen LogP contribution in [0.1, 0.15) is 0 Å². The molecule has 0 unspecified atom stereocenters. The molecule has 3 heteroatoms. The first-order chi connectivity index (χ1) is 25.3. The van der Waals surface area contributed by atoms with Crippen LogP contribution in [0.4, 0.5) is 0 Å². The van der Waals surface area contributed by atoms with Gasteiger partial charge in [-0.3, -0.25) is 0 Å². The van der Waals surface area contributed by atoms with E-state index >= 15 is 0 Å². The van der Waals surface area contributed by atoms with Gasteiger partial charge < -0.3 is 13.9 Å². The number of benzene rings is 8. The monoisotopic (exact) mass is 652 g/mol. The lowest BCUT2D eigenvalue weighted by molar-refractivity contribution is 0.483. The lowest BCUT2D eigenvalue weighted by atomic mass is 10.0. The predicted octanol–water partition coefficient (Wildman–Crippen LogP) is 13.0. The molecular formula is C48H32N2O. The van der Waals surface area contributed by atoms with Gasteiger partial charge in [-0.2, -0.15) is 0 Å². The Morgan fingerprint density at radius 1 is 0.255 bits per heavy atom. The molecule has 0 radical (unpaired) electrons. The first kappa shape index (κ1) is 29.1. The molecule has 2 aromatic heterocycles. The van der Waals surface area contributed by atoms with E-state index in [-0.39, 0.29) is 0 Å². The zero-order valence-electron chi connectivity index (χ0n) is 27.8. The van der Waals surface area contributed by atoms with Crippen LogP contribution in [-0.4, -0.2) is 9.13 Å². The van der Waals surface area contributed by atoms with Gasteiger partial charge in [0.25, 0.3) is 0 Å². The number of fused-ring (bicyclic) bond motifs is 6. The summed E-state index contributed by atoms with van der Waals surface area (Å²) >= 11 is 0. The van der Waals surface area contributed by atoms with Crippen molar-refractivity contribution in [1.29, 1.82) is 0 Å². The van der Waals surface area contributed by atoms with Crippen LogP contribution in [-0.2, 0) is 0 Å². The number of nitrogens with zero attached hydrogens (tertiary/aromatic N) is 2. The number of hydrogen-bond donors (Lipinski definition) is 0. The molecule has 0 aliphatic heterocycles. The Morgan fingerprint density at radius 2 is 0.510 bits per heavy atom. The quantitative estimate of drug-likeness (QED) is 0.175. The Labute approximate surface area is 295 Å². The van der Waals surface area contributed by atoms with Crippen molar-refractivity contribution in [2.45, 2.75) is 0 Å². The van der Waals surface area contributed by atoms with Crippen LogP contribution in [0.25, 0.3) is 77.2 Å². The van der Waals surface area contributed by atoms with E-state index in [1.165, 1.54) is 54.7 Å². The molecule has 0 aliphatic carbocycles. The third-order valence-corrected chi connectivity index (χ3v) is 10.0. The van der Waals surface area contributed by atoms with E-state index in [0.29, 0.717) is 0 Å². The van der Waals surface area contributed by atoms with E-state index in [9.17, 15) is 0 Å². The van der Waals surface area contributed by atoms with Crippen LogP contribution in [0.5, 0.6) is 11.5 Å². The minimum absolute atomic E-state index is 0.809. The summed E-state index contributed by atoms with van der Waals surface area (Å²) in [6.45, 7) is 0. The van der Waals surface area contributed by atoms with Crippen molar-refractivity contribution in [2.24, 2.45) is 0 Å². The zero-order chi connectivity index (χ0) is 33.7. The SMILES string of the molecule is c1ccc2c(c1)c1ccccc1n2-c1ccc(-c2ccc(Oc3ccc(-c4ccc(-n5c6ccccc6c6ccccc65)cc4)cc3)cc2)cc1. The molecule has 240 valence electrons. The van der Waals surface area contributed by atoms with Crippen LogP contribution in [0.2, 0.25) is 0 Å². The Kier molecular flexibility index (Phi) is 6.81. The Morgan fingerprint density at radius 3 is 0.804 bits per heavy atom. The molecule has 0 saturated carbocycles. The summed E-state index contributed by atoms with van der Waals surface area (Å²) in [6, 6.07) is 68.7. The van der Waals surface area contributed by atoms with E-state index in [2.05, 4.69) is 179 Å². The predicted molar refractivity (Wildman–Crippen MR) is 213 cm³/mol. The van der Waals surface area contributed by atoms with Crippen LogP contribution in [0.15, 0.2) is 194 Å². The molecule has 0 fully saturated rings. The summed E-state index contributed by atoms with van der Waals surface area (Å²) in [6.07, 6.45) is 0. The van der Waals surface area contributed by atoms with Crippen LogP contribution in [0.3, 0.4) is 0 Å². The zero-order valence-corrected chi connectivity index (χ0v) is 27.8. The molecule has 0 spiro atoms. The average Bonchev–Trinajstić information content (AvgIpc) is 3.72. The van der Waals surface area contributed by atoms with E-state index in [4.69, 9.17) is 4.74 Å². The van der Waals surface area contributed by atoms with Crippen molar-refractivity contribution in [3.05, 3.63) is 194 Å².